The van der Waals surface area contributed by atoms with Crippen molar-refractivity contribution in [3.8, 4) is 0 Å². The van der Waals surface area contributed by atoms with Gasteiger partial charge in [-0.05, 0) is 11.4 Å². The normalized spacial score (nSPS) is 20.9. The number of carboxylic acids is 1. The number of aliphatic hydroxyl groups excluding tert-OH is 1. The third kappa shape index (κ3) is 3.99. The first-order valence-electron chi connectivity index (χ1n) is 9.46. The van der Waals surface area contributed by atoms with E-state index >= 15 is 0 Å². The maximum atomic E-state index is 12.7. The van der Waals surface area contributed by atoms with Crippen LogP contribution in [-0.4, -0.2) is 50.9 Å². The lowest BCUT2D eigenvalue weighted by Gasteiger charge is -2.50. The number of fused-ring (bicyclic) bond motifs is 1. The summed E-state index contributed by atoms with van der Waals surface area (Å²) in [4.78, 5) is 49.7. The number of carboxylic acid groups (broad SMARTS) is 1. The minimum Gasteiger partial charge on any atom is -0.543 e. The second kappa shape index (κ2) is 8.73. The van der Waals surface area contributed by atoms with Crippen molar-refractivity contribution in [2.75, 3.05) is 5.75 Å². The molecule has 2 aliphatic rings. The second-order valence-corrected chi connectivity index (χ2v) is 9.26. The standard InChI is InChI=1S/C20H18N4O6S2/c21-16(26)10-3-5-23(6-4-10)8-11-9-32-19-13(18(28)24(19)14(11)20(29)30)22-17(27)15(25)12-2-1-7-31-12/h1-7,13,15,19,25H,8-9H2,(H3-,21,22,26,27,29,30)/t13-,15-,19-/m1/s1. The molecule has 1 saturated heterocycles. The number of aliphatic carboxylic acids is 1. The van der Waals surface area contributed by atoms with Gasteiger partial charge in [-0.1, -0.05) is 6.07 Å². The molecule has 4 heterocycles. The molecule has 0 saturated carbocycles. The molecule has 0 spiro atoms. The Bertz CT molecular complexity index is 1120. The van der Waals surface area contributed by atoms with Crippen LogP contribution in [0.25, 0.3) is 0 Å². The molecule has 0 bridgehead atoms. The number of hydrogen-bond acceptors (Lipinski definition) is 8. The van der Waals surface area contributed by atoms with Crippen LogP contribution >= 0.6 is 23.1 Å². The number of aromatic nitrogens is 1. The van der Waals surface area contributed by atoms with Gasteiger partial charge in [0.1, 0.15) is 11.4 Å². The van der Waals surface area contributed by atoms with Crippen LogP contribution < -0.4 is 20.7 Å². The van der Waals surface area contributed by atoms with Crippen molar-refractivity contribution in [2.24, 2.45) is 5.73 Å². The van der Waals surface area contributed by atoms with Gasteiger partial charge in [0.05, 0.1) is 17.2 Å². The number of nitrogens with one attached hydrogen (secondary N) is 1. The van der Waals surface area contributed by atoms with Gasteiger partial charge in [0.25, 0.3) is 11.8 Å². The predicted octanol–water partition coefficient (Wildman–Crippen LogP) is -1.73. The number of amides is 3. The van der Waals surface area contributed by atoms with Crippen LogP contribution in [0.4, 0.5) is 0 Å². The Balaban J connectivity index is 1.50. The van der Waals surface area contributed by atoms with Crippen molar-refractivity contribution in [2.45, 2.75) is 24.1 Å². The molecule has 2 aliphatic heterocycles. The van der Waals surface area contributed by atoms with Crippen LogP contribution in [0.1, 0.15) is 21.3 Å². The van der Waals surface area contributed by atoms with Gasteiger partial charge >= 0.3 is 0 Å². The maximum absolute atomic E-state index is 12.7. The molecule has 166 valence electrons. The number of β-lactam (4-membered cyclic amide) rings is 1. The second-order valence-electron chi connectivity index (χ2n) is 7.18. The summed E-state index contributed by atoms with van der Waals surface area (Å²) in [5.74, 6) is -3.08. The molecule has 0 aromatic carbocycles. The Labute approximate surface area is 190 Å². The van der Waals surface area contributed by atoms with Crippen LogP contribution in [0.2, 0.25) is 0 Å². The van der Waals surface area contributed by atoms with E-state index in [4.69, 9.17) is 5.73 Å². The zero-order valence-electron chi connectivity index (χ0n) is 16.5. The number of nitrogens with zero attached hydrogens (tertiary/aromatic N) is 2. The molecule has 2 aromatic heterocycles. The predicted molar refractivity (Wildman–Crippen MR) is 111 cm³/mol. The lowest BCUT2D eigenvalue weighted by Crippen LogP contribution is -2.71. The van der Waals surface area contributed by atoms with Crippen molar-refractivity contribution < 1.29 is 34.0 Å². The van der Waals surface area contributed by atoms with Crippen molar-refractivity contribution in [1.82, 2.24) is 10.2 Å². The zero-order valence-corrected chi connectivity index (χ0v) is 18.1. The first-order chi connectivity index (χ1) is 15.3. The lowest BCUT2D eigenvalue weighted by molar-refractivity contribution is -0.689. The van der Waals surface area contributed by atoms with Crippen molar-refractivity contribution >= 4 is 46.8 Å². The molecule has 12 heteroatoms. The van der Waals surface area contributed by atoms with Crippen molar-refractivity contribution in [3.63, 3.8) is 0 Å². The minimum atomic E-state index is -1.49. The SMILES string of the molecule is NC(=O)c1cc[n+](CC2=C(C(=O)[O-])N3C(=O)[C@@H](NC(=O)[C@H](O)c4cccs4)[C@H]3SC2)cc1. The molecule has 2 aromatic rings. The summed E-state index contributed by atoms with van der Waals surface area (Å²) in [5.41, 5.74) is 5.77. The average Bonchev–Trinajstić information content (AvgIpc) is 3.31. The number of aliphatic hydroxyl groups is 1. The number of hydrogen-bond donors (Lipinski definition) is 3. The lowest BCUT2D eigenvalue weighted by atomic mass is 10.0. The average molecular weight is 475 g/mol. The van der Waals surface area contributed by atoms with Crippen LogP contribution in [0.15, 0.2) is 53.3 Å². The molecule has 32 heavy (non-hydrogen) atoms. The summed E-state index contributed by atoms with van der Waals surface area (Å²) >= 11 is 2.52. The van der Waals surface area contributed by atoms with Crippen LogP contribution in [-0.2, 0) is 20.9 Å². The fourth-order valence-corrected chi connectivity index (χ4v) is 5.59. The molecule has 10 nitrogen and oxygen atoms in total. The number of nitrogens with two attached hydrogens (primary N) is 1. The van der Waals surface area contributed by atoms with Crippen LogP contribution in [0.5, 0.6) is 0 Å². The number of thioether (sulfide) groups is 1. The Kier molecular flexibility index (Phi) is 6.00. The van der Waals surface area contributed by atoms with Gasteiger partial charge in [-0.2, -0.15) is 0 Å². The Hall–Kier alpha value is -3.22. The zero-order chi connectivity index (χ0) is 23.0. The van der Waals surface area contributed by atoms with E-state index in [0.717, 1.165) is 4.90 Å². The Morgan fingerprint density at radius 1 is 1.31 bits per heavy atom. The third-order valence-corrected chi connectivity index (χ3v) is 7.41. The first-order valence-corrected chi connectivity index (χ1v) is 11.4. The van der Waals surface area contributed by atoms with Gasteiger partial charge in [0, 0.05) is 28.3 Å². The van der Waals surface area contributed by atoms with E-state index in [2.05, 4.69) is 5.32 Å². The molecule has 3 amide bonds. The maximum Gasteiger partial charge on any atom is 0.255 e. The highest BCUT2D eigenvalue weighted by atomic mass is 32.2. The smallest absolute Gasteiger partial charge is 0.255 e. The van der Waals surface area contributed by atoms with Gasteiger partial charge in [0.15, 0.2) is 25.0 Å². The molecule has 4 rings (SSSR count). The summed E-state index contributed by atoms with van der Waals surface area (Å²) in [7, 11) is 0. The number of primary amides is 1. The molecular weight excluding hydrogens is 456 g/mol. The summed E-state index contributed by atoms with van der Waals surface area (Å²) in [5, 5.41) is 25.6. The van der Waals surface area contributed by atoms with Gasteiger partial charge in [-0.25, -0.2) is 4.57 Å². The number of carbonyl (C=O) groups is 4. The molecular formula is C20H18N4O6S2. The van der Waals surface area contributed by atoms with Crippen molar-refractivity contribution in [3.05, 3.63) is 63.7 Å². The minimum absolute atomic E-state index is 0.167. The Morgan fingerprint density at radius 2 is 2.03 bits per heavy atom. The van der Waals surface area contributed by atoms with Gasteiger partial charge in [0.2, 0.25) is 5.91 Å². The molecule has 0 radical (unpaired) electrons. The fraction of sp³-hybridized carbons (Fsp3) is 0.250. The summed E-state index contributed by atoms with van der Waals surface area (Å²) in [6.45, 7) is 0.167. The van der Waals surface area contributed by atoms with Gasteiger partial charge in [-0.3, -0.25) is 19.3 Å². The van der Waals surface area contributed by atoms with Gasteiger partial charge in [-0.15, -0.1) is 23.1 Å². The van der Waals surface area contributed by atoms with Crippen LogP contribution in [0, 0.1) is 0 Å². The number of carbonyl (C=O) groups excluding carboxylic acids is 4. The summed E-state index contributed by atoms with van der Waals surface area (Å²) < 4.78 is 1.66. The van der Waals surface area contributed by atoms with E-state index in [1.54, 1.807) is 34.5 Å². The topological polar surface area (TPSA) is 157 Å². The monoisotopic (exact) mass is 474 g/mol. The van der Waals surface area contributed by atoms with E-state index < -0.39 is 41.2 Å². The molecule has 4 N–H and O–H groups in total. The molecule has 0 aliphatic carbocycles. The highest BCUT2D eigenvalue weighted by Crippen LogP contribution is 2.40. The number of rotatable bonds is 7. The highest BCUT2D eigenvalue weighted by molar-refractivity contribution is 8.00. The van der Waals surface area contributed by atoms with Crippen LogP contribution in [0.3, 0.4) is 0 Å². The van der Waals surface area contributed by atoms with E-state index in [1.165, 1.54) is 35.2 Å². The summed E-state index contributed by atoms with van der Waals surface area (Å²) in [6, 6.07) is 5.39. The molecule has 0 unspecified atom stereocenters. The molecule has 1 fully saturated rings. The third-order valence-electron chi connectivity index (χ3n) is 5.15. The highest BCUT2D eigenvalue weighted by Gasteiger charge is 2.53. The van der Waals surface area contributed by atoms with E-state index in [-0.39, 0.29) is 12.2 Å². The fourth-order valence-electron chi connectivity index (χ4n) is 3.55. The number of pyridine rings is 1. The summed E-state index contributed by atoms with van der Waals surface area (Å²) in [6.07, 6.45) is 1.77. The Morgan fingerprint density at radius 3 is 2.62 bits per heavy atom. The number of thiophene rings is 1. The van der Waals surface area contributed by atoms with E-state index in [9.17, 15) is 29.4 Å². The molecule has 3 atom stereocenters. The first kappa shape index (κ1) is 22.0. The largest absolute Gasteiger partial charge is 0.543 e. The van der Waals surface area contributed by atoms with E-state index in [1.807, 2.05) is 0 Å². The van der Waals surface area contributed by atoms with Crippen molar-refractivity contribution in [1.29, 1.82) is 0 Å². The van der Waals surface area contributed by atoms with E-state index in [0.29, 0.717) is 21.8 Å². The quantitative estimate of drug-likeness (QED) is 0.318. The van der Waals surface area contributed by atoms with Gasteiger partial charge < -0.3 is 26.1 Å².